The highest BCUT2D eigenvalue weighted by Crippen LogP contribution is 2.24. The Morgan fingerprint density at radius 2 is 2.00 bits per heavy atom. The topological polar surface area (TPSA) is 24.4 Å². The maximum Gasteiger partial charge on any atom is 0.0687 e. The number of aliphatic imine (C=N–C) groups is 1. The largest absolute Gasteiger partial charge is 0.309 e. The van der Waals surface area contributed by atoms with Gasteiger partial charge in [-0.1, -0.05) is 18.2 Å². The van der Waals surface area contributed by atoms with Crippen LogP contribution in [-0.4, -0.2) is 18.3 Å². The van der Waals surface area contributed by atoms with Crippen LogP contribution in [0.15, 0.2) is 23.2 Å². The third-order valence-electron chi connectivity index (χ3n) is 3.29. The first kappa shape index (κ1) is 11.3. The molecule has 86 valence electrons. The van der Waals surface area contributed by atoms with Gasteiger partial charge >= 0.3 is 0 Å². The van der Waals surface area contributed by atoms with Crippen LogP contribution in [0.25, 0.3) is 0 Å². The van der Waals surface area contributed by atoms with Crippen molar-refractivity contribution < 1.29 is 0 Å². The number of nitrogens with one attached hydrogen (secondary N) is 1. The maximum atomic E-state index is 4.79. The van der Waals surface area contributed by atoms with Gasteiger partial charge in [-0.05, 0) is 51.3 Å². The van der Waals surface area contributed by atoms with Crippen molar-refractivity contribution in [3.8, 4) is 0 Å². The SMILES string of the molecule is CC(=Nc1c(C)cccc1C)C1CCCN1. The van der Waals surface area contributed by atoms with E-state index in [-0.39, 0.29) is 0 Å². The minimum atomic E-state index is 0.485. The molecule has 0 bridgehead atoms. The average molecular weight is 216 g/mol. The molecule has 16 heavy (non-hydrogen) atoms. The Morgan fingerprint density at radius 1 is 1.31 bits per heavy atom. The molecule has 0 spiro atoms. The number of benzene rings is 1. The molecule has 1 saturated heterocycles. The van der Waals surface area contributed by atoms with Crippen LogP contribution in [0.5, 0.6) is 0 Å². The van der Waals surface area contributed by atoms with Crippen molar-refractivity contribution >= 4 is 11.4 Å². The maximum absolute atomic E-state index is 4.79. The van der Waals surface area contributed by atoms with E-state index in [1.54, 1.807) is 0 Å². The zero-order chi connectivity index (χ0) is 11.5. The van der Waals surface area contributed by atoms with Gasteiger partial charge in [0.05, 0.1) is 5.69 Å². The quantitative estimate of drug-likeness (QED) is 0.755. The highest BCUT2D eigenvalue weighted by molar-refractivity contribution is 5.90. The summed E-state index contributed by atoms with van der Waals surface area (Å²) in [6.45, 7) is 7.52. The van der Waals surface area contributed by atoms with Crippen LogP contribution in [-0.2, 0) is 0 Å². The molecule has 0 aliphatic carbocycles. The molecule has 1 fully saturated rings. The van der Waals surface area contributed by atoms with E-state index in [2.05, 4.69) is 44.3 Å². The van der Waals surface area contributed by atoms with Gasteiger partial charge in [-0.3, -0.25) is 4.99 Å². The fourth-order valence-corrected chi connectivity index (χ4v) is 2.28. The van der Waals surface area contributed by atoms with Gasteiger partial charge in [0.1, 0.15) is 0 Å². The summed E-state index contributed by atoms with van der Waals surface area (Å²) in [5.41, 5.74) is 4.89. The second-order valence-electron chi connectivity index (χ2n) is 4.64. The van der Waals surface area contributed by atoms with Crippen molar-refractivity contribution in [1.82, 2.24) is 5.32 Å². The molecule has 0 amide bonds. The van der Waals surface area contributed by atoms with E-state index < -0.39 is 0 Å². The van der Waals surface area contributed by atoms with Crippen LogP contribution in [0.2, 0.25) is 0 Å². The molecule has 1 atom stereocenters. The summed E-state index contributed by atoms with van der Waals surface area (Å²) in [5, 5.41) is 3.48. The summed E-state index contributed by atoms with van der Waals surface area (Å²) in [6, 6.07) is 6.83. The van der Waals surface area contributed by atoms with Crippen LogP contribution in [0.3, 0.4) is 0 Å². The molecule has 2 rings (SSSR count). The van der Waals surface area contributed by atoms with Crippen LogP contribution >= 0.6 is 0 Å². The van der Waals surface area contributed by atoms with Crippen molar-refractivity contribution in [1.29, 1.82) is 0 Å². The average Bonchev–Trinajstić information content (AvgIpc) is 2.76. The van der Waals surface area contributed by atoms with Crippen LogP contribution in [0.1, 0.15) is 30.9 Å². The molecule has 1 aliphatic rings. The highest BCUT2D eigenvalue weighted by atomic mass is 15.0. The number of hydrogen-bond acceptors (Lipinski definition) is 2. The predicted molar refractivity (Wildman–Crippen MR) is 69.7 cm³/mol. The molecule has 2 nitrogen and oxygen atoms in total. The van der Waals surface area contributed by atoms with Gasteiger partial charge < -0.3 is 5.32 Å². The van der Waals surface area contributed by atoms with Gasteiger partial charge in [-0.2, -0.15) is 0 Å². The second-order valence-corrected chi connectivity index (χ2v) is 4.64. The van der Waals surface area contributed by atoms with Crippen LogP contribution in [0, 0.1) is 13.8 Å². The molecular formula is C14H20N2. The summed E-state index contributed by atoms with van der Waals surface area (Å²) in [7, 11) is 0. The first-order chi connectivity index (χ1) is 7.68. The monoisotopic (exact) mass is 216 g/mol. The van der Waals surface area contributed by atoms with E-state index >= 15 is 0 Å². The Morgan fingerprint density at radius 3 is 2.56 bits per heavy atom. The van der Waals surface area contributed by atoms with Gasteiger partial charge in [-0.15, -0.1) is 0 Å². The van der Waals surface area contributed by atoms with Crippen molar-refractivity contribution in [3.63, 3.8) is 0 Å². The molecular weight excluding hydrogens is 196 g/mol. The molecule has 1 N–H and O–H groups in total. The Bertz CT molecular complexity index is 381. The molecule has 1 aromatic carbocycles. The Balaban J connectivity index is 2.27. The van der Waals surface area contributed by atoms with Gasteiger partial charge in [0.2, 0.25) is 0 Å². The Kier molecular flexibility index (Phi) is 3.39. The number of para-hydroxylation sites is 1. The van der Waals surface area contributed by atoms with Crippen molar-refractivity contribution in [2.24, 2.45) is 4.99 Å². The van der Waals surface area contributed by atoms with E-state index in [4.69, 9.17) is 4.99 Å². The molecule has 0 saturated carbocycles. The highest BCUT2D eigenvalue weighted by Gasteiger charge is 2.16. The summed E-state index contributed by atoms with van der Waals surface area (Å²) in [4.78, 5) is 4.79. The molecule has 1 aliphatic heterocycles. The third-order valence-corrected chi connectivity index (χ3v) is 3.29. The normalized spacial score (nSPS) is 21.4. The number of rotatable bonds is 2. The zero-order valence-electron chi connectivity index (χ0n) is 10.4. The van der Waals surface area contributed by atoms with Gasteiger partial charge in [0.25, 0.3) is 0 Å². The Labute approximate surface area is 97.8 Å². The lowest BCUT2D eigenvalue weighted by molar-refractivity contribution is 0.759. The fraction of sp³-hybridized carbons (Fsp3) is 0.500. The van der Waals surface area contributed by atoms with Crippen molar-refractivity contribution in [2.75, 3.05) is 6.54 Å². The number of nitrogens with zero attached hydrogens (tertiary/aromatic N) is 1. The van der Waals surface area contributed by atoms with Crippen molar-refractivity contribution in [3.05, 3.63) is 29.3 Å². The lowest BCUT2D eigenvalue weighted by Gasteiger charge is -2.11. The lowest BCUT2D eigenvalue weighted by atomic mass is 10.1. The molecule has 1 unspecified atom stereocenters. The van der Waals surface area contributed by atoms with Gasteiger partial charge in [0, 0.05) is 11.8 Å². The van der Waals surface area contributed by atoms with Crippen LogP contribution in [0.4, 0.5) is 5.69 Å². The Hall–Kier alpha value is -1.15. The molecule has 1 heterocycles. The van der Waals surface area contributed by atoms with E-state index in [1.165, 1.54) is 29.7 Å². The standard InChI is InChI=1S/C14H20N2/c1-10-6-4-7-11(2)14(10)16-12(3)13-8-5-9-15-13/h4,6-7,13,15H,5,8-9H2,1-3H3. The first-order valence-electron chi connectivity index (χ1n) is 6.03. The smallest absolute Gasteiger partial charge is 0.0687 e. The van der Waals surface area contributed by atoms with E-state index in [0.29, 0.717) is 6.04 Å². The van der Waals surface area contributed by atoms with E-state index in [9.17, 15) is 0 Å². The predicted octanol–water partition coefficient (Wildman–Crippen LogP) is 3.15. The molecule has 0 aromatic heterocycles. The van der Waals surface area contributed by atoms with E-state index in [0.717, 1.165) is 12.2 Å². The molecule has 2 heteroatoms. The molecule has 0 radical (unpaired) electrons. The van der Waals surface area contributed by atoms with Crippen molar-refractivity contribution in [2.45, 2.75) is 39.7 Å². The summed E-state index contributed by atoms with van der Waals surface area (Å²) < 4.78 is 0. The van der Waals surface area contributed by atoms with Gasteiger partial charge in [0.15, 0.2) is 0 Å². The van der Waals surface area contributed by atoms with E-state index in [1.807, 2.05) is 0 Å². The first-order valence-corrected chi connectivity index (χ1v) is 6.03. The second kappa shape index (κ2) is 4.79. The fourth-order valence-electron chi connectivity index (χ4n) is 2.28. The molecule has 1 aromatic rings. The summed E-state index contributed by atoms with van der Waals surface area (Å²) in [5.74, 6) is 0. The minimum absolute atomic E-state index is 0.485. The van der Waals surface area contributed by atoms with Crippen LogP contribution < -0.4 is 5.32 Å². The third kappa shape index (κ3) is 2.33. The number of aryl methyl sites for hydroxylation is 2. The summed E-state index contributed by atoms with van der Waals surface area (Å²) in [6.07, 6.45) is 2.49. The number of hydrogen-bond donors (Lipinski definition) is 1. The lowest BCUT2D eigenvalue weighted by Crippen LogP contribution is -2.28. The zero-order valence-corrected chi connectivity index (χ0v) is 10.4. The minimum Gasteiger partial charge on any atom is -0.309 e. The van der Waals surface area contributed by atoms with Gasteiger partial charge in [-0.25, -0.2) is 0 Å². The summed E-state index contributed by atoms with van der Waals surface area (Å²) >= 11 is 0.